The second-order valence-electron chi connectivity index (χ2n) is 4.95. The number of esters is 1. The maximum absolute atomic E-state index is 12.1. The molecule has 0 aliphatic carbocycles. The van der Waals surface area contributed by atoms with Gasteiger partial charge >= 0.3 is 5.97 Å². The van der Waals surface area contributed by atoms with Crippen molar-refractivity contribution in [1.29, 1.82) is 0 Å². The van der Waals surface area contributed by atoms with Gasteiger partial charge in [0.05, 0.1) is 11.0 Å². The van der Waals surface area contributed by atoms with E-state index in [1.807, 2.05) is 0 Å². The molecule has 0 spiro atoms. The number of benzene rings is 2. The van der Waals surface area contributed by atoms with Crippen LogP contribution in [-0.2, 0) is 21.4 Å². The minimum Gasteiger partial charge on any atom is -0.457 e. The number of fused-ring (bicyclic) bond motifs is 1. The van der Waals surface area contributed by atoms with Gasteiger partial charge in [0.2, 0.25) is 0 Å². The minimum absolute atomic E-state index is 0.157. The van der Waals surface area contributed by atoms with E-state index in [0.29, 0.717) is 27.4 Å². The summed E-state index contributed by atoms with van der Waals surface area (Å²) >= 11 is 5.78. The van der Waals surface area contributed by atoms with Crippen LogP contribution in [-0.4, -0.2) is 14.4 Å². The molecule has 5 nitrogen and oxygen atoms in total. The number of nitrogens with one attached hydrogen (secondary N) is 1. The summed E-state index contributed by atoms with van der Waals surface area (Å²) in [4.78, 5) is 11.4. The van der Waals surface area contributed by atoms with Gasteiger partial charge in [-0.2, -0.15) is 0 Å². The fraction of sp³-hybridized carbons (Fsp3) is 0.0625. The van der Waals surface area contributed by atoms with E-state index in [-0.39, 0.29) is 6.61 Å². The average Bonchev–Trinajstić information content (AvgIpc) is 2.87. The van der Waals surface area contributed by atoms with Crippen LogP contribution < -0.4 is 4.72 Å². The zero-order valence-electron chi connectivity index (χ0n) is 11.8. The summed E-state index contributed by atoms with van der Waals surface area (Å²) < 4.78 is 31.5. The molecule has 1 aliphatic heterocycles. The SMILES string of the molecule is O=C1OCc2cc(NS(=O)(=O)C=Cc3ccc(Cl)cc3)ccc21. The first kappa shape index (κ1) is 15.6. The van der Waals surface area contributed by atoms with Gasteiger partial charge < -0.3 is 4.74 Å². The maximum Gasteiger partial charge on any atom is 0.338 e. The Hall–Kier alpha value is -2.31. The Balaban J connectivity index is 1.76. The number of anilines is 1. The largest absolute Gasteiger partial charge is 0.457 e. The van der Waals surface area contributed by atoms with Gasteiger partial charge in [0.1, 0.15) is 6.61 Å². The monoisotopic (exact) mass is 349 g/mol. The highest BCUT2D eigenvalue weighted by Gasteiger charge is 2.21. The summed E-state index contributed by atoms with van der Waals surface area (Å²) in [5.41, 5.74) is 2.22. The molecular weight excluding hydrogens is 338 g/mol. The normalized spacial score (nSPS) is 13.9. The maximum atomic E-state index is 12.1. The summed E-state index contributed by atoms with van der Waals surface area (Å²) in [5, 5.41) is 1.66. The lowest BCUT2D eigenvalue weighted by molar-refractivity contribution is 0.0535. The summed E-state index contributed by atoms with van der Waals surface area (Å²) in [7, 11) is -3.66. The number of sulfonamides is 1. The Labute approximate surface area is 138 Å². The minimum atomic E-state index is -3.66. The fourth-order valence-corrected chi connectivity index (χ4v) is 3.12. The molecule has 7 heteroatoms. The lowest BCUT2D eigenvalue weighted by atomic mass is 10.1. The van der Waals surface area contributed by atoms with Crippen molar-refractivity contribution < 1.29 is 17.9 Å². The molecule has 0 aromatic heterocycles. The molecule has 0 radical (unpaired) electrons. The molecule has 3 rings (SSSR count). The molecule has 0 saturated heterocycles. The third-order valence-corrected chi connectivity index (χ3v) is 4.52. The first-order chi connectivity index (χ1) is 10.9. The first-order valence-electron chi connectivity index (χ1n) is 6.69. The van der Waals surface area contributed by atoms with E-state index in [0.717, 1.165) is 5.41 Å². The highest BCUT2D eigenvalue weighted by molar-refractivity contribution is 7.95. The second-order valence-corrected chi connectivity index (χ2v) is 6.95. The van der Waals surface area contributed by atoms with Crippen molar-refractivity contribution in [2.45, 2.75) is 6.61 Å². The Morgan fingerprint density at radius 3 is 2.61 bits per heavy atom. The molecule has 2 aromatic rings. The Morgan fingerprint density at radius 1 is 1.13 bits per heavy atom. The molecule has 1 aliphatic rings. The fourth-order valence-electron chi connectivity index (χ4n) is 2.14. The van der Waals surface area contributed by atoms with Gasteiger partial charge in [0.25, 0.3) is 10.0 Å². The first-order valence-corrected chi connectivity index (χ1v) is 8.62. The van der Waals surface area contributed by atoms with Crippen LogP contribution in [0.4, 0.5) is 5.69 Å². The molecule has 2 aromatic carbocycles. The van der Waals surface area contributed by atoms with Gasteiger partial charge in [-0.25, -0.2) is 13.2 Å². The van der Waals surface area contributed by atoms with Crippen LogP contribution in [0.25, 0.3) is 6.08 Å². The molecule has 0 unspecified atom stereocenters. The zero-order chi connectivity index (χ0) is 16.4. The van der Waals surface area contributed by atoms with Gasteiger partial charge in [0.15, 0.2) is 0 Å². The predicted octanol–water partition coefficient (Wildman–Crippen LogP) is 3.42. The van der Waals surface area contributed by atoms with Crippen LogP contribution in [0.5, 0.6) is 0 Å². The van der Waals surface area contributed by atoms with Crippen molar-refractivity contribution in [2.24, 2.45) is 0 Å². The van der Waals surface area contributed by atoms with Crippen LogP contribution in [0.2, 0.25) is 5.02 Å². The Bertz CT molecular complexity index is 889. The van der Waals surface area contributed by atoms with Gasteiger partial charge in [-0.05, 0) is 42.0 Å². The number of hydrogen-bond acceptors (Lipinski definition) is 4. The van der Waals surface area contributed by atoms with Crippen LogP contribution in [0, 0.1) is 0 Å². The van der Waals surface area contributed by atoms with E-state index in [4.69, 9.17) is 16.3 Å². The summed E-state index contributed by atoms with van der Waals surface area (Å²) in [6.07, 6.45) is 1.47. The molecule has 0 atom stereocenters. The lowest BCUT2D eigenvalue weighted by Gasteiger charge is -2.05. The topological polar surface area (TPSA) is 72.5 Å². The highest BCUT2D eigenvalue weighted by atomic mass is 35.5. The molecule has 23 heavy (non-hydrogen) atoms. The van der Waals surface area contributed by atoms with E-state index < -0.39 is 16.0 Å². The number of halogens is 1. The van der Waals surface area contributed by atoms with Crippen LogP contribution in [0.15, 0.2) is 47.9 Å². The standard InChI is InChI=1S/C16H12ClNO4S/c17-13-3-1-11(2-4-13)7-8-23(20,21)18-14-5-6-15-12(9-14)10-22-16(15)19/h1-9,18H,10H2. The highest BCUT2D eigenvalue weighted by Crippen LogP contribution is 2.24. The van der Waals surface area contributed by atoms with Gasteiger partial charge in [-0.15, -0.1) is 0 Å². The lowest BCUT2D eigenvalue weighted by Crippen LogP contribution is -2.09. The smallest absolute Gasteiger partial charge is 0.338 e. The molecule has 0 fully saturated rings. The van der Waals surface area contributed by atoms with E-state index in [1.54, 1.807) is 36.4 Å². The number of carbonyl (C=O) groups excluding carboxylic acids is 1. The molecule has 0 saturated carbocycles. The molecule has 0 bridgehead atoms. The van der Waals surface area contributed by atoms with Gasteiger partial charge in [-0.1, -0.05) is 23.7 Å². The summed E-state index contributed by atoms with van der Waals surface area (Å²) in [5.74, 6) is -0.392. The molecule has 1 N–H and O–H groups in total. The third kappa shape index (κ3) is 3.72. The number of rotatable bonds is 4. The van der Waals surface area contributed by atoms with Crippen LogP contribution in [0.3, 0.4) is 0 Å². The number of cyclic esters (lactones) is 1. The summed E-state index contributed by atoms with van der Waals surface area (Å²) in [6.45, 7) is 0.157. The Morgan fingerprint density at radius 2 is 1.87 bits per heavy atom. The van der Waals surface area contributed by atoms with Crippen LogP contribution >= 0.6 is 11.6 Å². The van der Waals surface area contributed by atoms with Crippen molar-refractivity contribution in [3.8, 4) is 0 Å². The zero-order valence-corrected chi connectivity index (χ0v) is 13.4. The Kier molecular flexibility index (Phi) is 4.11. The van der Waals surface area contributed by atoms with Crippen molar-refractivity contribution in [3.05, 3.63) is 69.6 Å². The number of hydrogen-bond donors (Lipinski definition) is 1. The van der Waals surface area contributed by atoms with Crippen molar-refractivity contribution in [1.82, 2.24) is 0 Å². The predicted molar refractivity (Wildman–Crippen MR) is 88.6 cm³/mol. The molecular formula is C16H12ClNO4S. The summed E-state index contributed by atoms with van der Waals surface area (Å²) in [6, 6.07) is 11.5. The third-order valence-electron chi connectivity index (χ3n) is 3.25. The molecule has 1 heterocycles. The molecule has 0 amide bonds. The van der Waals surface area contributed by atoms with Crippen LogP contribution in [0.1, 0.15) is 21.5 Å². The van der Waals surface area contributed by atoms with Crippen molar-refractivity contribution in [3.63, 3.8) is 0 Å². The van der Waals surface area contributed by atoms with Crippen molar-refractivity contribution in [2.75, 3.05) is 4.72 Å². The average molecular weight is 350 g/mol. The van der Waals surface area contributed by atoms with Crippen molar-refractivity contribution >= 4 is 39.4 Å². The van der Waals surface area contributed by atoms with Gasteiger partial charge in [0, 0.05) is 16.3 Å². The second kappa shape index (κ2) is 6.06. The van der Waals surface area contributed by atoms with E-state index in [9.17, 15) is 13.2 Å². The van der Waals surface area contributed by atoms with E-state index >= 15 is 0 Å². The van der Waals surface area contributed by atoms with E-state index in [1.165, 1.54) is 12.1 Å². The van der Waals surface area contributed by atoms with Gasteiger partial charge in [-0.3, -0.25) is 4.72 Å². The quantitative estimate of drug-likeness (QED) is 0.858. The van der Waals surface area contributed by atoms with E-state index in [2.05, 4.69) is 4.72 Å². The molecule has 118 valence electrons. The number of carbonyl (C=O) groups is 1. The number of ether oxygens (including phenoxy) is 1.